The van der Waals surface area contributed by atoms with Crippen molar-refractivity contribution in [3.8, 4) is 11.3 Å². The third-order valence-electron chi connectivity index (χ3n) is 3.56. The number of aliphatic hydroxyl groups excluding tert-OH is 2. The average molecular weight is 306 g/mol. The first-order chi connectivity index (χ1) is 10.6. The Bertz CT molecular complexity index is 671. The summed E-state index contributed by atoms with van der Waals surface area (Å²) in [6.07, 6.45) is 0.0811. The van der Waals surface area contributed by atoms with Crippen LogP contribution >= 0.6 is 0 Å². The molecule has 9 heteroatoms. The van der Waals surface area contributed by atoms with Gasteiger partial charge in [0.15, 0.2) is 6.23 Å². The van der Waals surface area contributed by atoms with Gasteiger partial charge < -0.3 is 14.9 Å². The Labute approximate surface area is 124 Å². The normalized spacial score (nSPS) is 24.5. The van der Waals surface area contributed by atoms with Crippen LogP contribution in [0.3, 0.4) is 0 Å². The van der Waals surface area contributed by atoms with E-state index in [2.05, 4.69) is 10.3 Å². The van der Waals surface area contributed by atoms with Crippen LogP contribution in [0.1, 0.15) is 12.6 Å². The van der Waals surface area contributed by atoms with Crippen LogP contribution in [-0.4, -0.2) is 48.9 Å². The second-order valence-corrected chi connectivity index (χ2v) is 5.00. The predicted octanol–water partition coefficient (Wildman–Crippen LogP) is 0.494. The van der Waals surface area contributed by atoms with Crippen molar-refractivity contribution in [3.05, 3.63) is 40.6 Å². The molecule has 9 nitrogen and oxygen atoms in total. The van der Waals surface area contributed by atoms with E-state index in [1.807, 2.05) is 0 Å². The lowest BCUT2D eigenvalue weighted by molar-refractivity contribution is -0.384. The third kappa shape index (κ3) is 2.69. The van der Waals surface area contributed by atoms with Gasteiger partial charge in [-0.25, -0.2) is 4.68 Å². The molecule has 22 heavy (non-hydrogen) atoms. The molecule has 1 saturated heterocycles. The average Bonchev–Trinajstić information content (AvgIpc) is 3.13. The molecule has 0 amide bonds. The highest BCUT2D eigenvalue weighted by atomic mass is 16.6. The van der Waals surface area contributed by atoms with Crippen molar-refractivity contribution >= 4 is 5.69 Å². The Morgan fingerprint density at radius 2 is 2.14 bits per heavy atom. The summed E-state index contributed by atoms with van der Waals surface area (Å²) in [5.41, 5.74) is 1.23. The maximum atomic E-state index is 10.6. The Morgan fingerprint density at radius 3 is 2.73 bits per heavy atom. The minimum absolute atomic E-state index is 0.00387. The van der Waals surface area contributed by atoms with Crippen LogP contribution in [-0.2, 0) is 4.74 Å². The second kappa shape index (κ2) is 5.79. The largest absolute Gasteiger partial charge is 0.394 e. The lowest BCUT2D eigenvalue weighted by Gasteiger charge is -2.11. The Morgan fingerprint density at radius 1 is 1.41 bits per heavy atom. The fourth-order valence-electron chi connectivity index (χ4n) is 2.35. The van der Waals surface area contributed by atoms with E-state index in [1.165, 1.54) is 16.8 Å². The van der Waals surface area contributed by atoms with Crippen LogP contribution in [0.2, 0.25) is 0 Å². The van der Waals surface area contributed by atoms with Gasteiger partial charge in [0.1, 0.15) is 11.8 Å². The molecule has 3 atom stereocenters. The Hall–Kier alpha value is -2.36. The molecule has 0 bridgehead atoms. The number of nitrogens with zero attached hydrogens (tertiary/aromatic N) is 4. The van der Waals surface area contributed by atoms with E-state index in [4.69, 9.17) is 9.84 Å². The van der Waals surface area contributed by atoms with Crippen molar-refractivity contribution in [3.63, 3.8) is 0 Å². The fourth-order valence-corrected chi connectivity index (χ4v) is 2.35. The minimum Gasteiger partial charge on any atom is -0.394 e. The van der Waals surface area contributed by atoms with Gasteiger partial charge in [-0.05, 0) is 12.1 Å². The molecule has 0 saturated carbocycles. The van der Waals surface area contributed by atoms with Crippen molar-refractivity contribution in [2.75, 3.05) is 6.61 Å². The quantitative estimate of drug-likeness (QED) is 0.622. The van der Waals surface area contributed by atoms with E-state index in [1.54, 1.807) is 18.3 Å². The van der Waals surface area contributed by atoms with Gasteiger partial charge in [-0.3, -0.25) is 10.1 Å². The monoisotopic (exact) mass is 306 g/mol. The van der Waals surface area contributed by atoms with Gasteiger partial charge in [-0.1, -0.05) is 5.21 Å². The molecule has 0 spiro atoms. The summed E-state index contributed by atoms with van der Waals surface area (Å²) in [6.45, 7) is -0.262. The highest BCUT2D eigenvalue weighted by Crippen LogP contribution is 2.29. The molecule has 1 fully saturated rings. The van der Waals surface area contributed by atoms with Crippen molar-refractivity contribution in [2.45, 2.75) is 24.9 Å². The highest BCUT2D eigenvalue weighted by Gasteiger charge is 2.35. The molecule has 1 aliphatic heterocycles. The fraction of sp³-hybridized carbons (Fsp3) is 0.385. The van der Waals surface area contributed by atoms with E-state index >= 15 is 0 Å². The number of aliphatic hydroxyl groups is 2. The Balaban J connectivity index is 1.78. The summed E-state index contributed by atoms with van der Waals surface area (Å²) in [5, 5.41) is 37.4. The van der Waals surface area contributed by atoms with E-state index in [9.17, 15) is 15.2 Å². The summed E-state index contributed by atoms with van der Waals surface area (Å²) in [4.78, 5) is 10.2. The summed E-state index contributed by atoms with van der Waals surface area (Å²) in [5.74, 6) is 0. The van der Waals surface area contributed by atoms with Gasteiger partial charge in [0.05, 0.1) is 23.8 Å². The van der Waals surface area contributed by atoms with Crippen LogP contribution in [0.15, 0.2) is 30.5 Å². The summed E-state index contributed by atoms with van der Waals surface area (Å²) in [6, 6.07) is 5.97. The number of aromatic nitrogens is 3. The van der Waals surface area contributed by atoms with Crippen molar-refractivity contribution < 1.29 is 19.9 Å². The van der Waals surface area contributed by atoms with Gasteiger partial charge in [-0.2, -0.15) is 0 Å². The van der Waals surface area contributed by atoms with E-state index < -0.39 is 23.4 Å². The number of benzene rings is 1. The van der Waals surface area contributed by atoms with Crippen LogP contribution in [0.4, 0.5) is 5.69 Å². The molecule has 2 aromatic rings. The zero-order chi connectivity index (χ0) is 15.7. The molecular formula is C13H14N4O5. The lowest BCUT2D eigenvalue weighted by Crippen LogP contribution is -2.24. The number of nitro benzene ring substituents is 1. The van der Waals surface area contributed by atoms with Crippen molar-refractivity contribution in [1.29, 1.82) is 0 Å². The van der Waals surface area contributed by atoms with Crippen LogP contribution in [0, 0.1) is 10.1 Å². The van der Waals surface area contributed by atoms with Gasteiger partial charge in [-0.15, -0.1) is 5.10 Å². The van der Waals surface area contributed by atoms with Crippen LogP contribution < -0.4 is 0 Å². The van der Waals surface area contributed by atoms with E-state index in [0.29, 0.717) is 17.7 Å². The number of hydrogen-bond acceptors (Lipinski definition) is 7. The summed E-state index contributed by atoms with van der Waals surface area (Å²) in [7, 11) is 0. The zero-order valence-corrected chi connectivity index (χ0v) is 11.4. The topological polar surface area (TPSA) is 124 Å². The number of non-ortho nitro benzene ring substituents is 1. The zero-order valence-electron chi connectivity index (χ0n) is 11.4. The smallest absolute Gasteiger partial charge is 0.269 e. The second-order valence-electron chi connectivity index (χ2n) is 5.00. The first-order valence-corrected chi connectivity index (χ1v) is 6.69. The van der Waals surface area contributed by atoms with Gasteiger partial charge in [0.2, 0.25) is 0 Å². The molecule has 2 N–H and O–H groups in total. The van der Waals surface area contributed by atoms with E-state index in [-0.39, 0.29) is 12.3 Å². The molecule has 1 aliphatic rings. The van der Waals surface area contributed by atoms with Crippen LogP contribution in [0.5, 0.6) is 0 Å². The molecule has 1 aromatic heterocycles. The molecule has 0 radical (unpaired) electrons. The number of hydrogen-bond donors (Lipinski definition) is 2. The number of nitro groups is 1. The molecule has 116 valence electrons. The van der Waals surface area contributed by atoms with Gasteiger partial charge in [0, 0.05) is 24.1 Å². The standard InChI is InChI=1S/C13H14N4O5/c18-7-12-11(19)5-13(22-12)16-6-10(14-15-16)8-1-3-9(4-2-8)17(20)21/h1-4,6,11-13,18-19H,5,7H2/t11-,12+,13+/m0/s1. The molecule has 2 heterocycles. The van der Waals surface area contributed by atoms with Gasteiger partial charge >= 0.3 is 0 Å². The first-order valence-electron chi connectivity index (χ1n) is 6.69. The van der Waals surface area contributed by atoms with Crippen molar-refractivity contribution in [2.24, 2.45) is 0 Å². The SMILES string of the molecule is O=[N+]([O-])c1ccc(-c2cn([C@H]3C[C@H](O)[C@@H](CO)O3)nn2)cc1. The predicted molar refractivity (Wildman–Crippen MR) is 73.7 cm³/mol. The van der Waals surface area contributed by atoms with Gasteiger partial charge in [0.25, 0.3) is 5.69 Å². The maximum Gasteiger partial charge on any atom is 0.269 e. The number of ether oxygens (including phenoxy) is 1. The maximum absolute atomic E-state index is 10.6. The van der Waals surface area contributed by atoms with Crippen molar-refractivity contribution in [1.82, 2.24) is 15.0 Å². The first kappa shape index (κ1) is 14.6. The summed E-state index contributed by atoms with van der Waals surface area (Å²) < 4.78 is 6.95. The third-order valence-corrected chi connectivity index (χ3v) is 3.56. The minimum atomic E-state index is -0.748. The summed E-state index contributed by atoms with van der Waals surface area (Å²) >= 11 is 0. The lowest BCUT2D eigenvalue weighted by atomic mass is 10.1. The molecule has 0 unspecified atom stereocenters. The molecular weight excluding hydrogens is 292 g/mol. The van der Waals surface area contributed by atoms with Crippen LogP contribution in [0.25, 0.3) is 11.3 Å². The molecule has 0 aliphatic carbocycles. The molecule has 1 aromatic carbocycles. The molecule has 3 rings (SSSR count). The Kier molecular flexibility index (Phi) is 3.84. The number of rotatable bonds is 4. The highest BCUT2D eigenvalue weighted by molar-refractivity contribution is 5.59. The van der Waals surface area contributed by atoms with E-state index in [0.717, 1.165) is 0 Å².